The molecule has 0 rings (SSSR count). The van der Waals surface area contributed by atoms with Gasteiger partial charge in [-0.25, -0.2) is 0 Å². The van der Waals surface area contributed by atoms with E-state index in [2.05, 4.69) is 0 Å². The quantitative estimate of drug-likeness (QED) is 0.619. The van der Waals surface area contributed by atoms with Gasteiger partial charge in [0.25, 0.3) is 5.91 Å². The second-order valence-electron chi connectivity index (χ2n) is 2.38. The van der Waals surface area contributed by atoms with Gasteiger partial charge in [-0.05, 0) is 6.92 Å². The van der Waals surface area contributed by atoms with Crippen LogP contribution in [0.25, 0.3) is 0 Å². The Morgan fingerprint density at radius 1 is 1.50 bits per heavy atom. The van der Waals surface area contributed by atoms with Gasteiger partial charge in [-0.2, -0.15) is 8.78 Å². The highest BCUT2D eigenvalue weighted by molar-refractivity contribution is 5.80. The smallest absolute Gasteiger partial charge is 0.315 e. The minimum atomic E-state index is -3.06. The highest BCUT2D eigenvalue weighted by atomic mass is 19.3. The molecule has 0 heterocycles. The van der Waals surface area contributed by atoms with Crippen molar-refractivity contribution in [1.82, 2.24) is 5.32 Å². The second-order valence-corrected chi connectivity index (χ2v) is 2.38. The number of primary amides is 1. The van der Waals surface area contributed by atoms with Crippen molar-refractivity contribution in [1.29, 1.82) is 0 Å². The van der Waals surface area contributed by atoms with Gasteiger partial charge in [0.15, 0.2) is 0 Å². The monoisotopic (exact) mass is 180 g/mol. The summed E-state index contributed by atoms with van der Waals surface area (Å²) in [6, 6.07) is -0.649. The van der Waals surface area contributed by atoms with E-state index in [0.29, 0.717) is 0 Å². The van der Waals surface area contributed by atoms with Gasteiger partial charge in [0.05, 0.1) is 0 Å². The summed E-state index contributed by atoms with van der Waals surface area (Å²) in [4.78, 5) is 20.6. The molecule has 0 spiro atoms. The first kappa shape index (κ1) is 10.8. The number of nitrogens with one attached hydrogen (secondary N) is 1. The Balaban J connectivity index is 3.76. The highest BCUT2D eigenvalue weighted by Crippen LogP contribution is 1.95. The zero-order chi connectivity index (χ0) is 9.72. The van der Waals surface area contributed by atoms with E-state index in [-0.39, 0.29) is 6.42 Å². The molecule has 0 saturated heterocycles. The third kappa shape index (κ3) is 4.59. The summed E-state index contributed by atoms with van der Waals surface area (Å²) in [6.45, 7) is 1.42. The van der Waals surface area contributed by atoms with Crippen molar-refractivity contribution in [3.63, 3.8) is 0 Å². The molecule has 0 aliphatic heterocycles. The first-order valence-corrected chi connectivity index (χ1v) is 3.30. The molecule has 0 saturated carbocycles. The maximum absolute atomic E-state index is 11.6. The fraction of sp³-hybridized carbons (Fsp3) is 0.667. The van der Waals surface area contributed by atoms with Gasteiger partial charge in [0.1, 0.15) is 0 Å². The predicted molar refractivity (Wildman–Crippen MR) is 37.4 cm³/mol. The van der Waals surface area contributed by atoms with E-state index in [1.54, 1.807) is 0 Å². The zero-order valence-corrected chi connectivity index (χ0v) is 6.51. The molecule has 2 amide bonds. The minimum absolute atomic E-state index is 0.140. The van der Waals surface area contributed by atoms with Crippen molar-refractivity contribution in [3.8, 4) is 0 Å². The van der Waals surface area contributed by atoms with Gasteiger partial charge in [-0.1, -0.05) is 0 Å². The van der Waals surface area contributed by atoms with E-state index < -0.39 is 24.3 Å². The lowest BCUT2D eigenvalue weighted by Gasteiger charge is -2.10. The number of nitrogens with two attached hydrogens (primary N) is 1. The zero-order valence-electron chi connectivity index (χ0n) is 6.51. The van der Waals surface area contributed by atoms with Gasteiger partial charge in [0, 0.05) is 12.5 Å². The normalized spacial score (nSPS) is 12.7. The molecule has 1 unspecified atom stereocenters. The molecule has 0 aliphatic carbocycles. The van der Waals surface area contributed by atoms with Crippen LogP contribution in [0.4, 0.5) is 8.78 Å². The lowest BCUT2D eigenvalue weighted by molar-refractivity contribution is -0.132. The first-order valence-electron chi connectivity index (χ1n) is 3.30. The Kier molecular flexibility index (Phi) is 4.17. The summed E-state index contributed by atoms with van der Waals surface area (Å²) < 4.78 is 23.2. The summed E-state index contributed by atoms with van der Waals surface area (Å²) in [5.41, 5.74) is 4.77. The van der Waals surface area contributed by atoms with E-state index in [0.717, 1.165) is 0 Å². The Morgan fingerprint density at radius 2 is 2.00 bits per heavy atom. The number of rotatable bonds is 4. The number of carbonyl (C=O) groups is 2. The number of hydrogen-bond acceptors (Lipinski definition) is 2. The lowest BCUT2D eigenvalue weighted by Crippen LogP contribution is -2.38. The fourth-order valence-corrected chi connectivity index (χ4v) is 0.659. The molecule has 0 radical (unpaired) electrons. The number of hydrogen-bond donors (Lipinski definition) is 2. The third-order valence-electron chi connectivity index (χ3n) is 1.09. The van der Waals surface area contributed by atoms with Crippen molar-refractivity contribution in [2.45, 2.75) is 25.8 Å². The fourth-order valence-electron chi connectivity index (χ4n) is 0.659. The van der Waals surface area contributed by atoms with Gasteiger partial charge in [-0.15, -0.1) is 0 Å². The van der Waals surface area contributed by atoms with Crippen molar-refractivity contribution in [2.75, 3.05) is 0 Å². The molecule has 0 aromatic carbocycles. The molecule has 4 nitrogen and oxygen atoms in total. The first-order chi connectivity index (χ1) is 5.43. The molecule has 0 aromatic heterocycles. The molecular weight excluding hydrogens is 170 g/mol. The largest absolute Gasteiger partial charge is 0.370 e. The molecule has 12 heavy (non-hydrogen) atoms. The van der Waals surface area contributed by atoms with Crippen LogP contribution in [0, 0.1) is 0 Å². The molecular formula is C6H10F2N2O2. The van der Waals surface area contributed by atoms with E-state index in [9.17, 15) is 18.4 Å². The average molecular weight is 180 g/mol. The summed E-state index contributed by atoms with van der Waals surface area (Å²) in [7, 11) is 0. The molecule has 1 atom stereocenters. The van der Waals surface area contributed by atoms with Crippen LogP contribution in [0.15, 0.2) is 0 Å². The van der Waals surface area contributed by atoms with E-state index in [1.807, 2.05) is 5.32 Å². The van der Waals surface area contributed by atoms with E-state index in [4.69, 9.17) is 5.73 Å². The van der Waals surface area contributed by atoms with E-state index in [1.165, 1.54) is 6.92 Å². The van der Waals surface area contributed by atoms with Crippen LogP contribution in [0.5, 0.6) is 0 Å². The van der Waals surface area contributed by atoms with Gasteiger partial charge >= 0.3 is 6.43 Å². The maximum Gasteiger partial charge on any atom is 0.315 e. The van der Waals surface area contributed by atoms with Gasteiger partial charge in [0.2, 0.25) is 5.91 Å². The Morgan fingerprint density at radius 3 is 2.33 bits per heavy atom. The van der Waals surface area contributed by atoms with Crippen molar-refractivity contribution in [3.05, 3.63) is 0 Å². The molecule has 0 fully saturated rings. The standard InChI is InChI=1S/C6H10F2N2O2/c1-3(2-4(9)11)10-6(12)5(7)8/h3,5H,2H2,1H3,(H2,9,11)(H,10,12). The molecule has 70 valence electrons. The summed E-state index contributed by atoms with van der Waals surface area (Å²) in [6.07, 6.45) is -3.20. The van der Waals surface area contributed by atoms with Crippen molar-refractivity contribution < 1.29 is 18.4 Å². The Labute approximate surface area is 68.1 Å². The number of halogens is 2. The van der Waals surface area contributed by atoms with Crippen LogP contribution in [0.1, 0.15) is 13.3 Å². The molecule has 0 aromatic rings. The number of amides is 2. The van der Waals surface area contributed by atoms with Crippen LogP contribution in [-0.4, -0.2) is 24.3 Å². The van der Waals surface area contributed by atoms with E-state index >= 15 is 0 Å². The van der Waals surface area contributed by atoms with Crippen LogP contribution in [0.3, 0.4) is 0 Å². The van der Waals surface area contributed by atoms with Crippen LogP contribution < -0.4 is 11.1 Å². The van der Waals surface area contributed by atoms with Gasteiger partial charge in [-0.3, -0.25) is 9.59 Å². The topological polar surface area (TPSA) is 72.2 Å². The Hall–Kier alpha value is -1.20. The summed E-state index contributed by atoms with van der Waals surface area (Å²) >= 11 is 0. The molecule has 0 aliphatic rings. The third-order valence-corrected chi connectivity index (χ3v) is 1.09. The van der Waals surface area contributed by atoms with Crippen LogP contribution >= 0.6 is 0 Å². The summed E-state index contributed by atoms with van der Waals surface area (Å²) in [5, 5.41) is 1.92. The molecule has 6 heteroatoms. The Bertz CT molecular complexity index is 184. The number of carbonyl (C=O) groups excluding carboxylic acids is 2. The minimum Gasteiger partial charge on any atom is -0.370 e. The van der Waals surface area contributed by atoms with Crippen LogP contribution in [-0.2, 0) is 9.59 Å². The second kappa shape index (κ2) is 4.63. The highest BCUT2D eigenvalue weighted by Gasteiger charge is 2.17. The molecule has 0 bridgehead atoms. The number of alkyl halides is 2. The van der Waals surface area contributed by atoms with Crippen molar-refractivity contribution >= 4 is 11.8 Å². The van der Waals surface area contributed by atoms with Crippen LogP contribution in [0.2, 0.25) is 0 Å². The van der Waals surface area contributed by atoms with Crippen molar-refractivity contribution in [2.24, 2.45) is 5.73 Å². The SMILES string of the molecule is CC(CC(N)=O)NC(=O)C(F)F. The molecule has 3 N–H and O–H groups in total. The lowest BCUT2D eigenvalue weighted by atomic mass is 10.2. The predicted octanol–water partition coefficient (Wildman–Crippen LogP) is -0.368. The maximum atomic E-state index is 11.6. The van der Waals surface area contributed by atoms with Gasteiger partial charge < -0.3 is 11.1 Å². The summed E-state index contributed by atoms with van der Waals surface area (Å²) in [5.74, 6) is -2.03. The average Bonchev–Trinajstić information content (AvgIpc) is 1.84.